The van der Waals surface area contributed by atoms with Gasteiger partial charge in [-0.05, 0) is 49.2 Å². The van der Waals surface area contributed by atoms with Gasteiger partial charge in [-0.2, -0.15) is 4.31 Å². The molecular weight excluding hydrogens is 404 g/mol. The first-order valence-corrected chi connectivity index (χ1v) is 11.5. The third-order valence-electron chi connectivity index (χ3n) is 5.52. The van der Waals surface area contributed by atoms with Gasteiger partial charge in [-0.25, -0.2) is 8.42 Å². The fraction of sp³-hybridized carbons (Fsp3) is 0.381. The second-order valence-electron chi connectivity index (χ2n) is 7.55. The molecule has 30 heavy (non-hydrogen) atoms. The minimum Gasteiger partial charge on any atom is -0.350 e. The van der Waals surface area contributed by atoms with Gasteiger partial charge in [-0.3, -0.25) is 14.6 Å². The Labute approximate surface area is 175 Å². The minimum atomic E-state index is -3.49. The van der Waals surface area contributed by atoms with E-state index < -0.39 is 15.9 Å². The minimum absolute atomic E-state index is 0.127. The summed E-state index contributed by atoms with van der Waals surface area (Å²) in [5.74, 6) is -0.790. The maximum atomic E-state index is 12.6. The Hall–Kier alpha value is -2.78. The van der Waals surface area contributed by atoms with Gasteiger partial charge in [0.15, 0.2) is 0 Å². The SMILES string of the molecule is O=C(NCc1ccccn1)[C@H]1CC(=O)N(c2ccc(S(=O)(=O)N3CCCC3)cc2)C1. The molecule has 2 amide bonds. The molecule has 2 aliphatic heterocycles. The van der Waals surface area contributed by atoms with Crippen LogP contribution in [0.25, 0.3) is 0 Å². The summed E-state index contributed by atoms with van der Waals surface area (Å²) in [7, 11) is -3.49. The first-order valence-electron chi connectivity index (χ1n) is 10.0. The van der Waals surface area contributed by atoms with Crippen LogP contribution in [-0.4, -0.2) is 49.2 Å². The Morgan fingerprint density at radius 3 is 2.50 bits per heavy atom. The van der Waals surface area contributed by atoms with E-state index >= 15 is 0 Å². The molecule has 2 aromatic rings. The lowest BCUT2D eigenvalue weighted by Crippen LogP contribution is -2.32. The summed E-state index contributed by atoms with van der Waals surface area (Å²) in [4.78, 5) is 30.9. The second kappa shape index (κ2) is 8.53. The molecule has 1 N–H and O–H groups in total. The van der Waals surface area contributed by atoms with Gasteiger partial charge >= 0.3 is 0 Å². The van der Waals surface area contributed by atoms with Crippen molar-refractivity contribution in [1.82, 2.24) is 14.6 Å². The highest BCUT2D eigenvalue weighted by Crippen LogP contribution is 2.28. The highest BCUT2D eigenvalue weighted by Gasteiger charge is 2.35. The van der Waals surface area contributed by atoms with E-state index in [9.17, 15) is 18.0 Å². The fourth-order valence-electron chi connectivity index (χ4n) is 3.83. The monoisotopic (exact) mass is 428 g/mol. The zero-order chi connectivity index (χ0) is 21.1. The molecule has 0 spiro atoms. The zero-order valence-corrected chi connectivity index (χ0v) is 17.3. The summed E-state index contributed by atoms with van der Waals surface area (Å²) in [6.07, 6.45) is 3.55. The topological polar surface area (TPSA) is 99.7 Å². The molecule has 1 atom stereocenters. The number of benzene rings is 1. The molecule has 9 heteroatoms. The second-order valence-corrected chi connectivity index (χ2v) is 9.49. The predicted octanol–water partition coefficient (Wildman–Crippen LogP) is 1.54. The standard InChI is InChI=1S/C21H24N4O4S/c26-20-13-16(21(27)23-14-17-5-1-2-10-22-17)15-25(20)18-6-8-19(9-7-18)30(28,29)24-11-3-4-12-24/h1-2,5-10,16H,3-4,11-15H2,(H,23,27)/t16-/m0/s1. The van der Waals surface area contributed by atoms with Crippen LogP contribution >= 0.6 is 0 Å². The summed E-state index contributed by atoms with van der Waals surface area (Å²) in [6.45, 7) is 1.67. The predicted molar refractivity (Wildman–Crippen MR) is 111 cm³/mol. The molecular formula is C21H24N4O4S. The summed E-state index contributed by atoms with van der Waals surface area (Å²) in [5.41, 5.74) is 1.35. The van der Waals surface area contributed by atoms with Gasteiger partial charge < -0.3 is 10.2 Å². The summed E-state index contributed by atoms with van der Waals surface area (Å²) in [5, 5.41) is 2.83. The number of carbonyl (C=O) groups is 2. The van der Waals surface area contributed by atoms with Gasteiger partial charge in [-0.1, -0.05) is 6.07 Å². The molecule has 0 unspecified atom stereocenters. The van der Waals surface area contributed by atoms with Crippen LogP contribution in [0.5, 0.6) is 0 Å². The Morgan fingerprint density at radius 1 is 1.10 bits per heavy atom. The molecule has 1 aromatic heterocycles. The quantitative estimate of drug-likeness (QED) is 0.752. The molecule has 0 saturated carbocycles. The molecule has 0 bridgehead atoms. The largest absolute Gasteiger partial charge is 0.350 e. The highest BCUT2D eigenvalue weighted by molar-refractivity contribution is 7.89. The van der Waals surface area contributed by atoms with Crippen molar-refractivity contribution in [2.75, 3.05) is 24.5 Å². The lowest BCUT2D eigenvalue weighted by Gasteiger charge is -2.19. The summed E-state index contributed by atoms with van der Waals surface area (Å²) >= 11 is 0. The van der Waals surface area contributed by atoms with E-state index in [1.165, 1.54) is 21.3 Å². The van der Waals surface area contributed by atoms with Crippen LogP contribution in [0, 0.1) is 5.92 Å². The number of nitrogens with zero attached hydrogens (tertiary/aromatic N) is 3. The van der Waals surface area contributed by atoms with E-state index in [0.717, 1.165) is 18.5 Å². The van der Waals surface area contributed by atoms with Crippen LogP contribution in [0.4, 0.5) is 5.69 Å². The molecule has 2 saturated heterocycles. The Bertz CT molecular complexity index is 1020. The Balaban J connectivity index is 1.39. The molecule has 4 rings (SSSR count). The number of hydrogen-bond acceptors (Lipinski definition) is 5. The number of sulfonamides is 1. The number of anilines is 1. The number of rotatable bonds is 6. The van der Waals surface area contributed by atoms with Crippen LogP contribution in [0.15, 0.2) is 53.6 Å². The lowest BCUT2D eigenvalue weighted by atomic mass is 10.1. The molecule has 3 heterocycles. The van der Waals surface area contributed by atoms with Gasteiger partial charge in [0.1, 0.15) is 0 Å². The molecule has 2 aliphatic rings. The number of nitrogens with one attached hydrogen (secondary N) is 1. The number of aromatic nitrogens is 1. The fourth-order valence-corrected chi connectivity index (χ4v) is 5.35. The number of hydrogen-bond donors (Lipinski definition) is 1. The maximum Gasteiger partial charge on any atom is 0.243 e. The Kier molecular flexibility index (Phi) is 5.83. The van der Waals surface area contributed by atoms with Crippen molar-refractivity contribution in [3.05, 3.63) is 54.4 Å². The first-order chi connectivity index (χ1) is 14.4. The number of pyridine rings is 1. The molecule has 1 aromatic carbocycles. The number of carbonyl (C=O) groups excluding carboxylic acids is 2. The molecule has 0 radical (unpaired) electrons. The maximum absolute atomic E-state index is 12.6. The van der Waals surface area contributed by atoms with E-state index in [0.29, 0.717) is 25.3 Å². The van der Waals surface area contributed by atoms with Crippen LogP contribution in [0.3, 0.4) is 0 Å². The molecule has 2 fully saturated rings. The van der Waals surface area contributed by atoms with Gasteiger partial charge in [-0.15, -0.1) is 0 Å². The summed E-state index contributed by atoms with van der Waals surface area (Å²) < 4.78 is 26.8. The molecule has 8 nitrogen and oxygen atoms in total. The van der Waals surface area contributed by atoms with Gasteiger partial charge in [0.05, 0.1) is 23.1 Å². The van der Waals surface area contributed by atoms with Crippen molar-refractivity contribution in [1.29, 1.82) is 0 Å². The van der Waals surface area contributed by atoms with Crippen LogP contribution < -0.4 is 10.2 Å². The smallest absolute Gasteiger partial charge is 0.243 e. The van der Waals surface area contributed by atoms with Crippen LogP contribution in [-0.2, 0) is 26.2 Å². The molecule has 0 aliphatic carbocycles. The van der Waals surface area contributed by atoms with Gasteiger partial charge in [0.2, 0.25) is 21.8 Å². The van der Waals surface area contributed by atoms with Crippen molar-refractivity contribution in [2.45, 2.75) is 30.7 Å². The Morgan fingerprint density at radius 2 is 1.83 bits per heavy atom. The molecule has 158 valence electrons. The third-order valence-corrected chi connectivity index (χ3v) is 7.43. The number of amides is 2. The highest BCUT2D eigenvalue weighted by atomic mass is 32.2. The van der Waals surface area contributed by atoms with Crippen molar-refractivity contribution < 1.29 is 18.0 Å². The van der Waals surface area contributed by atoms with Crippen molar-refractivity contribution in [3.63, 3.8) is 0 Å². The average Bonchev–Trinajstić information content (AvgIpc) is 3.43. The van der Waals surface area contributed by atoms with E-state index in [1.807, 2.05) is 12.1 Å². The van der Waals surface area contributed by atoms with Crippen molar-refractivity contribution >= 4 is 27.5 Å². The normalized spacial score (nSPS) is 19.9. The van der Waals surface area contributed by atoms with Gasteiger partial charge in [0, 0.05) is 37.9 Å². The van der Waals surface area contributed by atoms with E-state index in [2.05, 4.69) is 10.3 Å². The van der Waals surface area contributed by atoms with E-state index in [1.54, 1.807) is 24.4 Å². The first kappa shape index (κ1) is 20.5. The summed E-state index contributed by atoms with van der Waals surface area (Å²) in [6, 6.07) is 11.8. The van der Waals surface area contributed by atoms with Crippen molar-refractivity contribution in [2.24, 2.45) is 5.92 Å². The van der Waals surface area contributed by atoms with E-state index in [4.69, 9.17) is 0 Å². The third kappa shape index (κ3) is 4.22. The van der Waals surface area contributed by atoms with Crippen molar-refractivity contribution in [3.8, 4) is 0 Å². The van der Waals surface area contributed by atoms with E-state index in [-0.39, 0.29) is 29.7 Å². The van der Waals surface area contributed by atoms with Gasteiger partial charge in [0.25, 0.3) is 0 Å². The van der Waals surface area contributed by atoms with Crippen LogP contribution in [0.2, 0.25) is 0 Å². The van der Waals surface area contributed by atoms with Crippen LogP contribution in [0.1, 0.15) is 25.0 Å². The average molecular weight is 429 g/mol. The zero-order valence-electron chi connectivity index (χ0n) is 16.5. The lowest BCUT2D eigenvalue weighted by molar-refractivity contribution is -0.126.